The van der Waals surface area contributed by atoms with Gasteiger partial charge in [-0.15, -0.1) is 0 Å². The first kappa shape index (κ1) is 13.9. The molecule has 0 saturated carbocycles. The summed E-state index contributed by atoms with van der Waals surface area (Å²) in [4.78, 5) is 17.6. The molecule has 0 radical (unpaired) electrons. The number of para-hydroxylation sites is 1. The van der Waals surface area contributed by atoms with Crippen LogP contribution in [-0.2, 0) is 11.2 Å². The Balaban J connectivity index is 1.72. The zero-order valence-electron chi connectivity index (χ0n) is 12.3. The van der Waals surface area contributed by atoms with E-state index in [9.17, 15) is 4.79 Å². The molecule has 0 spiro atoms. The molecule has 0 fully saturated rings. The number of aromatic nitrogens is 1. The van der Waals surface area contributed by atoms with Crippen molar-refractivity contribution in [2.45, 2.75) is 25.8 Å². The highest BCUT2D eigenvalue weighted by molar-refractivity contribution is 5.86. The van der Waals surface area contributed by atoms with E-state index in [1.54, 1.807) is 0 Å². The third kappa shape index (κ3) is 2.85. The number of benzene rings is 1. The van der Waals surface area contributed by atoms with Crippen LogP contribution in [0.1, 0.15) is 18.9 Å². The van der Waals surface area contributed by atoms with Crippen molar-refractivity contribution in [3.63, 3.8) is 0 Å². The van der Waals surface area contributed by atoms with Crippen molar-refractivity contribution in [2.24, 2.45) is 5.73 Å². The van der Waals surface area contributed by atoms with Crippen molar-refractivity contribution in [3.05, 3.63) is 47.7 Å². The molecule has 2 aromatic rings. The van der Waals surface area contributed by atoms with Gasteiger partial charge in [-0.3, -0.25) is 4.79 Å². The van der Waals surface area contributed by atoms with Crippen LogP contribution in [0.4, 0.5) is 0 Å². The molecule has 4 nitrogen and oxygen atoms in total. The van der Waals surface area contributed by atoms with E-state index in [0.29, 0.717) is 13.0 Å². The maximum absolute atomic E-state index is 12.5. The molecule has 110 valence electrons. The molecular formula is C17H21N3O. The largest absolute Gasteiger partial charge is 0.361 e. The predicted molar refractivity (Wildman–Crippen MR) is 84.9 cm³/mol. The Labute approximate surface area is 124 Å². The summed E-state index contributed by atoms with van der Waals surface area (Å²) < 4.78 is 0. The van der Waals surface area contributed by atoms with Crippen LogP contribution < -0.4 is 5.73 Å². The molecule has 3 N–H and O–H groups in total. The van der Waals surface area contributed by atoms with Crippen LogP contribution in [0.15, 0.2) is 42.1 Å². The van der Waals surface area contributed by atoms with Crippen molar-refractivity contribution in [1.29, 1.82) is 0 Å². The highest BCUT2D eigenvalue weighted by Crippen LogP contribution is 2.19. The summed E-state index contributed by atoms with van der Waals surface area (Å²) in [5.41, 5.74) is 9.59. The van der Waals surface area contributed by atoms with E-state index in [1.165, 1.54) is 5.57 Å². The molecule has 1 aromatic carbocycles. The summed E-state index contributed by atoms with van der Waals surface area (Å²) in [6.07, 6.45) is 5.65. The lowest BCUT2D eigenvalue weighted by atomic mass is 10.0. The Bertz CT molecular complexity index is 686. The van der Waals surface area contributed by atoms with Crippen molar-refractivity contribution in [2.75, 3.05) is 13.1 Å². The molecule has 0 bridgehead atoms. The Morgan fingerprint density at radius 2 is 2.24 bits per heavy atom. The minimum Gasteiger partial charge on any atom is -0.361 e. The van der Waals surface area contributed by atoms with Gasteiger partial charge >= 0.3 is 0 Å². The van der Waals surface area contributed by atoms with E-state index in [1.807, 2.05) is 29.3 Å². The second-order valence-corrected chi connectivity index (χ2v) is 5.77. The normalized spacial score (nSPS) is 16.9. The molecule has 0 aliphatic carbocycles. The zero-order valence-corrected chi connectivity index (χ0v) is 12.3. The lowest BCUT2D eigenvalue weighted by Crippen LogP contribution is -2.46. The van der Waals surface area contributed by atoms with Crippen LogP contribution in [0.3, 0.4) is 0 Å². The third-order valence-electron chi connectivity index (χ3n) is 4.08. The van der Waals surface area contributed by atoms with E-state index in [4.69, 9.17) is 5.73 Å². The Hall–Kier alpha value is -2.07. The standard InChI is InChI=1S/C17H21N3O/c1-12-5-4-8-20(11-12)17(21)15(18)9-13-10-19-16-7-3-2-6-14(13)16/h2-3,5-7,10,15,19H,4,8-9,11,18H2,1H3/t15-/m0/s1. The fourth-order valence-electron chi connectivity index (χ4n) is 2.96. The summed E-state index contributed by atoms with van der Waals surface area (Å²) in [6.45, 7) is 3.54. The lowest BCUT2D eigenvalue weighted by molar-refractivity contribution is -0.132. The second kappa shape index (κ2) is 5.74. The zero-order chi connectivity index (χ0) is 14.8. The van der Waals surface area contributed by atoms with Crippen LogP contribution >= 0.6 is 0 Å². The number of carbonyl (C=O) groups is 1. The van der Waals surface area contributed by atoms with Gasteiger partial charge in [0, 0.05) is 30.2 Å². The molecule has 0 unspecified atom stereocenters. The van der Waals surface area contributed by atoms with Gasteiger partial charge in [-0.2, -0.15) is 0 Å². The predicted octanol–water partition coefficient (Wildman–Crippen LogP) is 2.22. The second-order valence-electron chi connectivity index (χ2n) is 5.77. The molecule has 3 rings (SSSR count). The molecule has 1 aromatic heterocycles. The summed E-state index contributed by atoms with van der Waals surface area (Å²) in [6, 6.07) is 7.62. The van der Waals surface area contributed by atoms with E-state index >= 15 is 0 Å². The van der Waals surface area contributed by atoms with Crippen LogP contribution in [0.25, 0.3) is 10.9 Å². The monoisotopic (exact) mass is 283 g/mol. The van der Waals surface area contributed by atoms with Crippen molar-refractivity contribution in [1.82, 2.24) is 9.88 Å². The van der Waals surface area contributed by atoms with Crippen molar-refractivity contribution < 1.29 is 4.79 Å². The molecule has 1 aliphatic heterocycles. The number of fused-ring (bicyclic) bond motifs is 1. The molecule has 4 heteroatoms. The number of nitrogens with two attached hydrogens (primary N) is 1. The highest BCUT2D eigenvalue weighted by Gasteiger charge is 2.23. The van der Waals surface area contributed by atoms with Gasteiger partial charge in [-0.1, -0.05) is 29.8 Å². The van der Waals surface area contributed by atoms with E-state index in [2.05, 4.69) is 24.1 Å². The van der Waals surface area contributed by atoms with Gasteiger partial charge in [0.25, 0.3) is 0 Å². The maximum Gasteiger partial charge on any atom is 0.240 e. The van der Waals surface area contributed by atoms with Crippen LogP contribution in [-0.4, -0.2) is 34.9 Å². The molecule has 1 aliphatic rings. The number of rotatable bonds is 3. The van der Waals surface area contributed by atoms with Gasteiger partial charge in [0.05, 0.1) is 6.04 Å². The summed E-state index contributed by atoms with van der Waals surface area (Å²) in [7, 11) is 0. The molecule has 1 atom stereocenters. The van der Waals surface area contributed by atoms with E-state index in [0.717, 1.165) is 29.4 Å². The molecular weight excluding hydrogens is 262 g/mol. The number of hydrogen-bond donors (Lipinski definition) is 2. The number of hydrogen-bond acceptors (Lipinski definition) is 2. The van der Waals surface area contributed by atoms with Gasteiger partial charge in [0.15, 0.2) is 0 Å². The number of H-pyrrole nitrogens is 1. The SMILES string of the molecule is CC1=CCCN(C(=O)[C@@H](N)Cc2c[nH]c3ccccc23)C1. The number of nitrogens with zero attached hydrogens (tertiary/aromatic N) is 1. The Morgan fingerprint density at radius 3 is 3.05 bits per heavy atom. The molecule has 1 amide bonds. The first-order valence-corrected chi connectivity index (χ1v) is 7.40. The van der Waals surface area contributed by atoms with Gasteiger partial charge in [0.2, 0.25) is 5.91 Å². The fraction of sp³-hybridized carbons (Fsp3) is 0.353. The van der Waals surface area contributed by atoms with Crippen LogP contribution in [0.5, 0.6) is 0 Å². The minimum atomic E-state index is -0.477. The Morgan fingerprint density at radius 1 is 1.43 bits per heavy atom. The lowest BCUT2D eigenvalue weighted by Gasteiger charge is -2.28. The first-order chi connectivity index (χ1) is 10.1. The summed E-state index contributed by atoms with van der Waals surface area (Å²) in [5.74, 6) is 0.0488. The highest BCUT2D eigenvalue weighted by atomic mass is 16.2. The fourth-order valence-corrected chi connectivity index (χ4v) is 2.96. The smallest absolute Gasteiger partial charge is 0.240 e. The average molecular weight is 283 g/mol. The number of aromatic amines is 1. The van der Waals surface area contributed by atoms with Gasteiger partial charge in [-0.05, 0) is 31.4 Å². The number of amides is 1. The third-order valence-corrected chi connectivity index (χ3v) is 4.08. The van der Waals surface area contributed by atoms with Gasteiger partial charge in [-0.25, -0.2) is 0 Å². The van der Waals surface area contributed by atoms with Gasteiger partial charge < -0.3 is 15.6 Å². The number of nitrogens with one attached hydrogen (secondary N) is 1. The quantitative estimate of drug-likeness (QED) is 0.848. The summed E-state index contributed by atoms with van der Waals surface area (Å²) in [5, 5.41) is 1.15. The van der Waals surface area contributed by atoms with E-state index in [-0.39, 0.29) is 5.91 Å². The average Bonchev–Trinajstić information content (AvgIpc) is 2.90. The number of carbonyl (C=O) groups excluding carboxylic acids is 1. The van der Waals surface area contributed by atoms with Crippen LogP contribution in [0.2, 0.25) is 0 Å². The topological polar surface area (TPSA) is 62.1 Å². The molecule has 2 heterocycles. The van der Waals surface area contributed by atoms with Crippen molar-refractivity contribution >= 4 is 16.8 Å². The summed E-state index contributed by atoms with van der Waals surface area (Å²) >= 11 is 0. The maximum atomic E-state index is 12.5. The minimum absolute atomic E-state index is 0.0488. The van der Waals surface area contributed by atoms with Crippen LogP contribution in [0, 0.1) is 0 Å². The molecule has 21 heavy (non-hydrogen) atoms. The van der Waals surface area contributed by atoms with E-state index < -0.39 is 6.04 Å². The molecule has 0 saturated heterocycles. The van der Waals surface area contributed by atoms with Gasteiger partial charge in [0.1, 0.15) is 0 Å². The van der Waals surface area contributed by atoms with Crippen molar-refractivity contribution in [3.8, 4) is 0 Å². The Kier molecular flexibility index (Phi) is 3.80. The first-order valence-electron chi connectivity index (χ1n) is 7.40.